The Balaban J connectivity index is 1.45. The van der Waals surface area contributed by atoms with Crippen LogP contribution in [0.5, 0.6) is 5.75 Å². The first-order valence-corrected chi connectivity index (χ1v) is 11.6. The summed E-state index contributed by atoms with van der Waals surface area (Å²) >= 11 is 0. The van der Waals surface area contributed by atoms with Crippen LogP contribution in [-0.4, -0.2) is 58.5 Å². The van der Waals surface area contributed by atoms with Gasteiger partial charge in [0.15, 0.2) is 5.82 Å². The van der Waals surface area contributed by atoms with Crippen molar-refractivity contribution in [2.45, 2.75) is 57.9 Å². The van der Waals surface area contributed by atoms with E-state index in [9.17, 15) is 9.59 Å². The third kappa shape index (κ3) is 4.95. The van der Waals surface area contributed by atoms with Gasteiger partial charge in [-0.3, -0.25) is 9.59 Å². The van der Waals surface area contributed by atoms with E-state index in [1.165, 1.54) is 0 Å². The minimum atomic E-state index is -0.281. The Hall–Kier alpha value is -2.90. The predicted molar refractivity (Wildman–Crippen MR) is 118 cm³/mol. The number of carbonyl (C=O) groups is 2. The molecule has 172 valence electrons. The summed E-state index contributed by atoms with van der Waals surface area (Å²) in [5, 5.41) is 3.93. The molecule has 1 saturated heterocycles. The third-order valence-corrected chi connectivity index (χ3v) is 6.63. The number of hydrogen-bond acceptors (Lipinski definition) is 6. The number of amides is 2. The fourth-order valence-corrected chi connectivity index (χ4v) is 4.86. The molecule has 1 aliphatic carbocycles. The standard InChI is InChI=1S/C24H32N4O4/c1-17-25-23(32-26-17)20-13-14-27(15-16-28(20)24(30)19-8-3-4-9-19)22(29)12-11-18-7-5-6-10-21(18)31-2/h5-7,10,19-20H,3-4,8-9,11-16H2,1-2H3. The maximum absolute atomic E-state index is 13.3. The van der Waals surface area contributed by atoms with Crippen molar-refractivity contribution in [1.82, 2.24) is 19.9 Å². The predicted octanol–water partition coefficient (Wildman–Crippen LogP) is 3.31. The van der Waals surface area contributed by atoms with Gasteiger partial charge in [0.1, 0.15) is 11.8 Å². The maximum Gasteiger partial charge on any atom is 0.249 e. The number of rotatable bonds is 6. The number of aromatic nitrogens is 2. The fraction of sp³-hybridized carbons (Fsp3) is 0.583. The van der Waals surface area contributed by atoms with Crippen LogP contribution in [0.4, 0.5) is 0 Å². The molecule has 0 radical (unpaired) electrons. The molecule has 4 rings (SSSR count). The van der Waals surface area contributed by atoms with E-state index in [2.05, 4.69) is 10.1 Å². The molecule has 2 fully saturated rings. The zero-order valence-electron chi connectivity index (χ0n) is 19.0. The van der Waals surface area contributed by atoms with Gasteiger partial charge in [0.2, 0.25) is 17.7 Å². The van der Waals surface area contributed by atoms with E-state index >= 15 is 0 Å². The highest BCUT2D eigenvalue weighted by atomic mass is 16.5. The Bertz CT molecular complexity index is 938. The summed E-state index contributed by atoms with van der Waals surface area (Å²) in [5.74, 6) is 2.14. The van der Waals surface area contributed by atoms with E-state index in [-0.39, 0.29) is 23.8 Å². The van der Waals surface area contributed by atoms with Gasteiger partial charge in [-0.05, 0) is 44.2 Å². The molecule has 32 heavy (non-hydrogen) atoms. The van der Waals surface area contributed by atoms with Crippen molar-refractivity contribution >= 4 is 11.8 Å². The molecule has 1 unspecified atom stereocenters. The second-order valence-electron chi connectivity index (χ2n) is 8.69. The zero-order valence-corrected chi connectivity index (χ0v) is 19.0. The van der Waals surface area contributed by atoms with Crippen LogP contribution in [0.25, 0.3) is 0 Å². The highest BCUT2D eigenvalue weighted by Gasteiger charge is 2.37. The number of hydrogen-bond donors (Lipinski definition) is 0. The molecule has 2 aromatic rings. The van der Waals surface area contributed by atoms with E-state index < -0.39 is 0 Å². The molecule has 0 bridgehead atoms. The van der Waals surface area contributed by atoms with Crippen LogP contribution in [-0.2, 0) is 16.0 Å². The summed E-state index contributed by atoms with van der Waals surface area (Å²) in [6, 6.07) is 7.50. The number of benzene rings is 1. The largest absolute Gasteiger partial charge is 0.496 e. The van der Waals surface area contributed by atoms with Crippen molar-refractivity contribution in [2.75, 3.05) is 26.7 Å². The molecule has 1 aromatic carbocycles. The molecule has 1 saturated carbocycles. The van der Waals surface area contributed by atoms with Gasteiger partial charge in [-0.25, -0.2) is 0 Å². The first-order chi connectivity index (χ1) is 15.6. The van der Waals surface area contributed by atoms with Gasteiger partial charge in [-0.2, -0.15) is 4.98 Å². The summed E-state index contributed by atoms with van der Waals surface area (Å²) in [6.07, 6.45) is 5.70. The topological polar surface area (TPSA) is 88.8 Å². The van der Waals surface area contributed by atoms with Crippen molar-refractivity contribution in [3.63, 3.8) is 0 Å². The van der Waals surface area contributed by atoms with Crippen molar-refractivity contribution in [3.8, 4) is 5.75 Å². The second-order valence-corrected chi connectivity index (χ2v) is 8.69. The number of ether oxygens (including phenoxy) is 1. The number of para-hydroxylation sites is 1. The van der Waals surface area contributed by atoms with E-state index in [0.29, 0.717) is 50.6 Å². The number of carbonyl (C=O) groups excluding carboxylic acids is 2. The Morgan fingerprint density at radius 3 is 2.62 bits per heavy atom. The van der Waals surface area contributed by atoms with Crippen LogP contribution < -0.4 is 4.74 Å². The van der Waals surface area contributed by atoms with E-state index in [1.807, 2.05) is 34.1 Å². The molecule has 1 aliphatic heterocycles. The van der Waals surface area contributed by atoms with Gasteiger partial charge >= 0.3 is 0 Å². The van der Waals surface area contributed by atoms with Crippen LogP contribution >= 0.6 is 0 Å². The van der Waals surface area contributed by atoms with Crippen molar-refractivity contribution < 1.29 is 18.8 Å². The molecule has 0 N–H and O–H groups in total. The van der Waals surface area contributed by atoms with E-state index in [4.69, 9.17) is 9.26 Å². The number of methoxy groups -OCH3 is 1. The molecule has 8 heteroatoms. The molecule has 2 heterocycles. The normalized spacial score (nSPS) is 19.8. The number of aryl methyl sites for hydroxylation is 2. The molecule has 2 amide bonds. The lowest BCUT2D eigenvalue weighted by atomic mass is 10.0. The van der Waals surface area contributed by atoms with Gasteiger partial charge in [-0.15, -0.1) is 0 Å². The second kappa shape index (κ2) is 10.1. The van der Waals surface area contributed by atoms with Crippen LogP contribution in [0.15, 0.2) is 28.8 Å². The smallest absolute Gasteiger partial charge is 0.249 e. The Morgan fingerprint density at radius 1 is 1.12 bits per heavy atom. The van der Waals surface area contributed by atoms with Gasteiger partial charge in [0, 0.05) is 32.0 Å². The minimum Gasteiger partial charge on any atom is -0.496 e. The van der Waals surface area contributed by atoms with Crippen LogP contribution in [0.1, 0.15) is 61.8 Å². The van der Waals surface area contributed by atoms with Crippen molar-refractivity contribution in [2.24, 2.45) is 5.92 Å². The first kappa shape index (κ1) is 22.3. The summed E-state index contributed by atoms with van der Waals surface area (Å²) in [5.41, 5.74) is 1.02. The molecule has 1 atom stereocenters. The van der Waals surface area contributed by atoms with Gasteiger partial charge in [-0.1, -0.05) is 36.2 Å². The molecule has 0 spiro atoms. The van der Waals surface area contributed by atoms with Gasteiger partial charge in [0.05, 0.1) is 7.11 Å². The summed E-state index contributed by atoms with van der Waals surface area (Å²) < 4.78 is 10.9. The lowest BCUT2D eigenvalue weighted by Crippen LogP contribution is -2.41. The molecule has 2 aliphatic rings. The third-order valence-electron chi connectivity index (χ3n) is 6.63. The van der Waals surface area contributed by atoms with Crippen LogP contribution in [0, 0.1) is 12.8 Å². The average molecular weight is 441 g/mol. The SMILES string of the molecule is COc1ccccc1CCC(=O)N1CCC(c2nc(C)no2)N(C(=O)C2CCCC2)CC1. The minimum absolute atomic E-state index is 0.0642. The highest BCUT2D eigenvalue weighted by Crippen LogP contribution is 2.33. The molecular formula is C24H32N4O4. The van der Waals surface area contributed by atoms with Crippen molar-refractivity contribution in [1.29, 1.82) is 0 Å². The monoisotopic (exact) mass is 440 g/mol. The Morgan fingerprint density at radius 2 is 1.91 bits per heavy atom. The zero-order chi connectivity index (χ0) is 22.5. The fourth-order valence-electron chi connectivity index (χ4n) is 4.86. The summed E-state index contributed by atoms with van der Waals surface area (Å²) in [4.78, 5) is 34.5. The Kier molecular flexibility index (Phi) is 7.07. The van der Waals surface area contributed by atoms with Gasteiger partial charge in [0.25, 0.3) is 0 Å². The molecular weight excluding hydrogens is 408 g/mol. The summed E-state index contributed by atoms with van der Waals surface area (Å²) in [6.45, 7) is 3.35. The average Bonchev–Trinajstić information content (AvgIpc) is 3.45. The highest BCUT2D eigenvalue weighted by molar-refractivity contribution is 5.80. The summed E-state index contributed by atoms with van der Waals surface area (Å²) in [7, 11) is 1.64. The van der Waals surface area contributed by atoms with E-state index in [1.54, 1.807) is 14.0 Å². The van der Waals surface area contributed by atoms with Crippen LogP contribution in [0.3, 0.4) is 0 Å². The first-order valence-electron chi connectivity index (χ1n) is 11.6. The number of nitrogens with zero attached hydrogens (tertiary/aromatic N) is 4. The maximum atomic E-state index is 13.3. The van der Waals surface area contributed by atoms with Gasteiger partial charge < -0.3 is 19.1 Å². The lowest BCUT2D eigenvalue weighted by molar-refractivity contribution is -0.138. The molecule has 1 aromatic heterocycles. The van der Waals surface area contributed by atoms with Crippen LogP contribution in [0.2, 0.25) is 0 Å². The van der Waals surface area contributed by atoms with E-state index in [0.717, 1.165) is 37.0 Å². The van der Waals surface area contributed by atoms with Crippen molar-refractivity contribution in [3.05, 3.63) is 41.5 Å². The quantitative estimate of drug-likeness (QED) is 0.685. The lowest BCUT2D eigenvalue weighted by Gasteiger charge is -2.29. The molecule has 8 nitrogen and oxygen atoms in total. The Labute approximate surface area is 188 Å².